The smallest absolute Gasteiger partial charge is 0.220 e. The van der Waals surface area contributed by atoms with E-state index in [4.69, 9.17) is 0 Å². The van der Waals surface area contributed by atoms with E-state index in [0.717, 1.165) is 42.7 Å². The maximum atomic E-state index is 12.4. The van der Waals surface area contributed by atoms with Crippen LogP contribution in [0.4, 0.5) is 0 Å². The topological polar surface area (TPSA) is 57.8 Å². The Labute approximate surface area is 225 Å². The first-order valence-electron chi connectivity index (χ1n) is 15.1. The minimum absolute atomic E-state index is 0.175. The Balaban J connectivity index is 1.22. The molecule has 0 bridgehead atoms. The van der Waals surface area contributed by atoms with Gasteiger partial charge in [-0.05, 0) is 43.0 Å². The highest BCUT2D eigenvalue weighted by molar-refractivity contribution is 5.90. The highest BCUT2D eigenvalue weighted by Gasteiger charge is 2.14. The monoisotopic (exact) mass is 503 g/mol. The number of carbonyl (C=O) groups excluding carboxylic acids is 1. The van der Waals surface area contributed by atoms with Gasteiger partial charge in [-0.25, -0.2) is 0 Å². The van der Waals surface area contributed by atoms with Gasteiger partial charge in [-0.15, -0.1) is 0 Å². The fourth-order valence-corrected chi connectivity index (χ4v) is 5.25. The second-order valence-electron chi connectivity index (χ2n) is 10.5. The van der Waals surface area contributed by atoms with Crippen LogP contribution in [0.15, 0.2) is 48.7 Å². The third-order valence-corrected chi connectivity index (χ3v) is 7.42. The molecule has 0 aliphatic rings. The van der Waals surface area contributed by atoms with Crippen molar-refractivity contribution < 1.29 is 4.79 Å². The molecule has 2 N–H and O–H groups in total. The van der Waals surface area contributed by atoms with Crippen molar-refractivity contribution in [3.63, 3.8) is 0 Å². The van der Waals surface area contributed by atoms with Crippen molar-refractivity contribution in [2.45, 2.75) is 116 Å². The van der Waals surface area contributed by atoms with E-state index in [0.29, 0.717) is 6.42 Å². The number of nitrogens with one attached hydrogen (secondary N) is 2. The first kappa shape index (κ1) is 28.9. The molecular formula is C33H49N3O. The van der Waals surface area contributed by atoms with Crippen molar-refractivity contribution in [1.29, 1.82) is 0 Å². The summed E-state index contributed by atoms with van der Waals surface area (Å²) in [6.45, 7) is 3.09. The quantitative estimate of drug-likeness (QED) is 0.151. The average Bonchev–Trinajstić information content (AvgIpc) is 3.30. The molecule has 0 unspecified atom stereocenters. The zero-order valence-corrected chi connectivity index (χ0v) is 23.2. The molecule has 4 nitrogen and oxygen atoms in total. The van der Waals surface area contributed by atoms with Crippen LogP contribution in [-0.2, 0) is 11.2 Å². The van der Waals surface area contributed by atoms with Crippen molar-refractivity contribution in [1.82, 2.24) is 15.3 Å². The van der Waals surface area contributed by atoms with Crippen LogP contribution in [-0.4, -0.2) is 22.4 Å². The number of H-pyrrole nitrogens is 1. The number of unbranched alkanes of at least 4 members (excludes halogenated alkanes) is 13. The molecule has 0 aliphatic heterocycles. The summed E-state index contributed by atoms with van der Waals surface area (Å²) in [6.07, 6.45) is 23.1. The highest BCUT2D eigenvalue weighted by Crippen LogP contribution is 2.30. The van der Waals surface area contributed by atoms with Crippen LogP contribution < -0.4 is 5.32 Å². The van der Waals surface area contributed by atoms with Crippen molar-refractivity contribution in [3.8, 4) is 11.4 Å². The van der Waals surface area contributed by atoms with Crippen LogP contribution in [0, 0.1) is 0 Å². The van der Waals surface area contributed by atoms with E-state index < -0.39 is 0 Å². The maximum absolute atomic E-state index is 12.4. The van der Waals surface area contributed by atoms with Crippen molar-refractivity contribution >= 4 is 16.8 Å². The summed E-state index contributed by atoms with van der Waals surface area (Å²) in [7, 11) is 0. The maximum Gasteiger partial charge on any atom is 0.220 e. The molecule has 202 valence electrons. The molecule has 1 amide bonds. The number of rotatable bonds is 20. The Kier molecular flexibility index (Phi) is 13.9. The molecule has 2 heterocycles. The van der Waals surface area contributed by atoms with Gasteiger partial charge in [0, 0.05) is 30.1 Å². The normalized spacial score (nSPS) is 11.3. The van der Waals surface area contributed by atoms with E-state index in [1.54, 1.807) is 0 Å². The van der Waals surface area contributed by atoms with Gasteiger partial charge >= 0.3 is 0 Å². The number of aromatic amines is 1. The number of aryl methyl sites for hydroxylation is 1. The number of aromatic nitrogens is 2. The van der Waals surface area contributed by atoms with Gasteiger partial charge in [-0.3, -0.25) is 9.78 Å². The van der Waals surface area contributed by atoms with Crippen LogP contribution in [0.1, 0.15) is 115 Å². The van der Waals surface area contributed by atoms with Gasteiger partial charge in [0.1, 0.15) is 0 Å². The van der Waals surface area contributed by atoms with Crippen LogP contribution in [0.5, 0.6) is 0 Å². The molecule has 0 fully saturated rings. The summed E-state index contributed by atoms with van der Waals surface area (Å²) in [5.41, 5.74) is 4.41. The Hall–Kier alpha value is -2.62. The number of nitrogens with zero attached hydrogens (tertiary/aromatic N) is 1. The van der Waals surface area contributed by atoms with Gasteiger partial charge in [0.05, 0.1) is 11.4 Å². The Morgan fingerprint density at radius 2 is 1.38 bits per heavy atom. The molecule has 0 saturated carbocycles. The van der Waals surface area contributed by atoms with E-state index in [1.165, 1.54) is 94.4 Å². The Morgan fingerprint density at radius 3 is 2.03 bits per heavy atom. The number of pyridine rings is 1. The fraction of sp³-hybridized carbons (Fsp3) is 0.576. The molecule has 3 rings (SSSR count). The molecule has 0 radical (unpaired) electrons. The molecule has 1 aromatic carbocycles. The number of fused-ring (bicyclic) bond motifs is 1. The van der Waals surface area contributed by atoms with E-state index in [2.05, 4.69) is 46.5 Å². The summed E-state index contributed by atoms with van der Waals surface area (Å²) in [5.74, 6) is 0.175. The van der Waals surface area contributed by atoms with Crippen LogP contribution in [0.3, 0.4) is 0 Å². The Morgan fingerprint density at radius 1 is 0.757 bits per heavy atom. The lowest BCUT2D eigenvalue weighted by Gasteiger charge is -2.07. The summed E-state index contributed by atoms with van der Waals surface area (Å²) in [4.78, 5) is 20.5. The molecule has 4 heteroatoms. The lowest BCUT2D eigenvalue weighted by Crippen LogP contribution is -2.24. The Bertz CT molecular complexity index is 1010. The van der Waals surface area contributed by atoms with Gasteiger partial charge in [0.2, 0.25) is 5.91 Å². The number of hydrogen-bond acceptors (Lipinski definition) is 2. The van der Waals surface area contributed by atoms with Crippen LogP contribution >= 0.6 is 0 Å². The SMILES string of the molecule is CCCCCCCCCCCCCCCCNC(=O)CCCc1c(-c2ccccn2)[nH]c2ccccc12. The fourth-order valence-electron chi connectivity index (χ4n) is 5.25. The standard InChI is InChI=1S/C33H49N3O/c1-2-3-4-5-6-7-8-9-10-11-12-13-14-18-27-35-32(37)25-20-22-29-28-21-15-16-23-30(28)36-33(29)31-24-17-19-26-34-31/h15-17,19,21,23-24,26,36H,2-14,18,20,22,25,27H2,1H3,(H,35,37). The van der Waals surface area contributed by atoms with Crippen molar-refractivity contribution in [2.75, 3.05) is 6.54 Å². The summed E-state index contributed by atoms with van der Waals surface area (Å²) in [5, 5.41) is 4.36. The van der Waals surface area contributed by atoms with E-state index in [9.17, 15) is 4.79 Å². The highest BCUT2D eigenvalue weighted by atomic mass is 16.1. The second kappa shape index (κ2) is 17.8. The first-order valence-corrected chi connectivity index (χ1v) is 15.1. The van der Waals surface area contributed by atoms with Gasteiger partial charge in [-0.1, -0.05) is 115 Å². The number of hydrogen-bond donors (Lipinski definition) is 2. The van der Waals surface area contributed by atoms with E-state index in [-0.39, 0.29) is 5.91 Å². The van der Waals surface area contributed by atoms with Gasteiger partial charge in [0.15, 0.2) is 0 Å². The average molecular weight is 504 g/mol. The minimum atomic E-state index is 0.175. The van der Waals surface area contributed by atoms with Crippen molar-refractivity contribution in [2.24, 2.45) is 0 Å². The van der Waals surface area contributed by atoms with Crippen LogP contribution in [0.25, 0.3) is 22.3 Å². The number of benzene rings is 1. The number of amides is 1. The molecular weight excluding hydrogens is 454 g/mol. The predicted octanol–water partition coefficient (Wildman–Crippen LogP) is 9.15. The molecule has 0 spiro atoms. The van der Waals surface area contributed by atoms with Crippen LogP contribution in [0.2, 0.25) is 0 Å². The molecule has 3 aromatic rings. The summed E-state index contributed by atoms with van der Waals surface area (Å²) in [6, 6.07) is 14.4. The predicted molar refractivity (Wildman–Crippen MR) is 158 cm³/mol. The zero-order valence-electron chi connectivity index (χ0n) is 23.2. The third-order valence-electron chi connectivity index (χ3n) is 7.42. The summed E-state index contributed by atoms with van der Waals surface area (Å²) >= 11 is 0. The first-order chi connectivity index (χ1) is 18.3. The van der Waals surface area contributed by atoms with Gasteiger partial charge in [0.25, 0.3) is 0 Å². The van der Waals surface area contributed by atoms with E-state index >= 15 is 0 Å². The molecule has 0 atom stereocenters. The van der Waals surface area contributed by atoms with Gasteiger partial charge < -0.3 is 10.3 Å². The second-order valence-corrected chi connectivity index (χ2v) is 10.5. The molecule has 0 saturated heterocycles. The largest absolute Gasteiger partial charge is 0.356 e. The molecule has 0 aliphatic carbocycles. The lowest BCUT2D eigenvalue weighted by atomic mass is 10.0. The minimum Gasteiger partial charge on any atom is -0.356 e. The van der Waals surface area contributed by atoms with Gasteiger partial charge in [-0.2, -0.15) is 0 Å². The van der Waals surface area contributed by atoms with Crippen molar-refractivity contribution in [3.05, 3.63) is 54.2 Å². The zero-order chi connectivity index (χ0) is 26.0. The molecule has 2 aromatic heterocycles. The molecule has 37 heavy (non-hydrogen) atoms. The number of para-hydroxylation sites is 1. The lowest BCUT2D eigenvalue weighted by molar-refractivity contribution is -0.121. The third kappa shape index (κ3) is 10.7. The summed E-state index contributed by atoms with van der Waals surface area (Å²) < 4.78 is 0. The number of carbonyl (C=O) groups is 1. The van der Waals surface area contributed by atoms with E-state index in [1.807, 2.05) is 24.4 Å².